The lowest BCUT2D eigenvalue weighted by Gasteiger charge is -2.23. The number of nitrogens with one attached hydrogen (secondary N) is 2. The molecule has 2 N–H and O–H groups in total. The van der Waals surface area contributed by atoms with Gasteiger partial charge in [0.1, 0.15) is 5.54 Å². The lowest BCUT2D eigenvalue weighted by molar-refractivity contribution is -0.151. The van der Waals surface area contributed by atoms with E-state index in [4.69, 9.17) is 4.74 Å². The zero-order valence-electron chi connectivity index (χ0n) is 11.0. The summed E-state index contributed by atoms with van der Waals surface area (Å²) in [6.45, 7) is 6.12. The second kappa shape index (κ2) is 9.24. The second-order valence-corrected chi connectivity index (χ2v) is 4.10. The molecule has 0 aromatic heterocycles. The third kappa shape index (κ3) is 7.99. The molecule has 0 aliphatic rings. The first kappa shape index (κ1) is 18.6. The molecule has 5 nitrogen and oxygen atoms in total. The number of hydrogen-bond acceptors (Lipinski definition) is 4. The number of hydrogen-bond donors (Lipinski definition) is 2. The van der Waals surface area contributed by atoms with E-state index in [-0.39, 0.29) is 18.3 Å². The Bertz CT molecular complexity index is 245. The Balaban J connectivity index is 0. The molecule has 0 rings (SSSR count). The fraction of sp³-hybridized carbons (Fsp3) is 0.818. The molecule has 0 aromatic rings. The van der Waals surface area contributed by atoms with Gasteiger partial charge in [0, 0.05) is 6.42 Å². The fourth-order valence-corrected chi connectivity index (χ4v) is 1.20. The molecule has 0 fully saturated rings. The summed E-state index contributed by atoms with van der Waals surface area (Å²) in [6, 6.07) is 0. The summed E-state index contributed by atoms with van der Waals surface area (Å²) < 4.78 is 4.87. The smallest absolute Gasteiger partial charge is 0.331 e. The van der Waals surface area contributed by atoms with Gasteiger partial charge in [-0.15, -0.1) is 12.4 Å². The zero-order valence-corrected chi connectivity index (χ0v) is 11.8. The lowest BCUT2D eigenvalue weighted by Crippen LogP contribution is -2.50. The predicted octanol–water partition coefficient (Wildman–Crippen LogP) is 0.866. The van der Waals surface area contributed by atoms with Gasteiger partial charge < -0.3 is 15.4 Å². The highest BCUT2D eigenvalue weighted by atomic mass is 35.5. The molecule has 6 heteroatoms. The number of ether oxygens (including phenoxy) is 1. The first-order valence-corrected chi connectivity index (χ1v) is 5.57. The van der Waals surface area contributed by atoms with Crippen LogP contribution in [0.5, 0.6) is 0 Å². The number of carbonyl (C=O) groups excluding carboxylic acids is 2. The summed E-state index contributed by atoms with van der Waals surface area (Å²) in [5, 5.41) is 5.62. The van der Waals surface area contributed by atoms with Crippen LogP contribution < -0.4 is 10.6 Å². The third-order valence-corrected chi connectivity index (χ3v) is 2.07. The maximum Gasteiger partial charge on any atom is 0.331 e. The van der Waals surface area contributed by atoms with Gasteiger partial charge in [0.2, 0.25) is 5.91 Å². The van der Waals surface area contributed by atoms with Crippen LogP contribution in [0.3, 0.4) is 0 Å². The number of esters is 1. The third-order valence-electron chi connectivity index (χ3n) is 2.07. The van der Waals surface area contributed by atoms with Gasteiger partial charge in [-0.1, -0.05) is 0 Å². The minimum Gasteiger partial charge on any atom is -0.464 e. The summed E-state index contributed by atoms with van der Waals surface area (Å²) in [6.07, 6.45) is 1.16. The Labute approximate surface area is 109 Å². The van der Waals surface area contributed by atoms with Crippen LogP contribution >= 0.6 is 12.4 Å². The van der Waals surface area contributed by atoms with E-state index in [1.165, 1.54) is 0 Å². The number of rotatable bonds is 7. The Kier molecular flexibility index (Phi) is 10.1. The Morgan fingerprint density at radius 2 is 1.88 bits per heavy atom. The van der Waals surface area contributed by atoms with Gasteiger partial charge in [-0.3, -0.25) is 4.79 Å². The maximum atomic E-state index is 11.5. The van der Waals surface area contributed by atoms with Crippen LogP contribution in [-0.4, -0.2) is 37.6 Å². The molecule has 1 amide bonds. The average Bonchev–Trinajstić information content (AvgIpc) is 2.17. The largest absolute Gasteiger partial charge is 0.464 e. The zero-order chi connectivity index (χ0) is 12.6. The standard InChI is InChI=1S/C11H22N2O3.ClH/c1-5-16-10(15)11(2,3)13-9(14)7-6-8-12-4;/h12H,5-8H2,1-4H3,(H,13,14);1H. The average molecular weight is 267 g/mol. The highest BCUT2D eigenvalue weighted by Gasteiger charge is 2.30. The molecule has 0 heterocycles. The van der Waals surface area contributed by atoms with Gasteiger partial charge in [-0.25, -0.2) is 4.79 Å². The molecule has 0 bridgehead atoms. The van der Waals surface area contributed by atoms with Crippen molar-refractivity contribution in [1.82, 2.24) is 10.6 Å². The molecule has 0 saturated heterocycles. The predicted molar refractivity (Wildman–Crippen MR) is 69.3 cm³/mol. The molecule has 0 unspecified atom stereocenters. The van der Waals surface area contributed by atoms with E-state index in [1.807, 2.05) is 7.05 Å². The lowest BCUT2D eigenvalue weighted by atomic mass is 10.1. The van der Waals surface area contributed by atoms with Crippen molar-refractivity contribution in [1.29, 1.82) is 0 Å². The van der Waals surface area contributed by atoms with E-state index in [1.54, 1.807) is 20.8 Å². The van der Waals surface area contributed by atoms with Crippen molar-refractivity contribution in [2.45, 2.75) is 39.2 Å². The first-order valence-electron chi connectivity index (χ1n) is 5.57. The van der Waals surface area contributed by atoms with Gasteiger partial charge in [0.25, 0.3) is 0 Å². The summed E-state index contributed by atoms with van der Waals surface area (Å²) >= 11 is 0. The number of amides is 1. The number of halogens is 1. The maximum absolute atomic E-state index is 11.5. The van der Waals surface area contributed by atoms with E-state index < -0.39 is 11.5 Å². The summed E-state index contributed by atoms with van der Waals surface area (Å²) in [7, 11) is 1.83. The molecular weight excluding hydrogens is 244 g/mol. The van der Waals surface area contributed by atoms with Crippen LogP contribution in [0.1, 0.15) is 33.6 Å². The van der Waals surface area contributed by atoms with Crippen molar-refractivity contribution in [3.63, 3.8) is 0 Å². The number of carbonyl (C=O) groups is 2. The van der Waals surface area contributed by atoms with E-state index in [0.717, 1.165) is 13.0 Å². The summed E-state index contributed by atoms with van der Waals surface area (Å²) in [5.41, 5.74) is -0.952. The van der Waals surface area contributed by atoms with E-state index in [2.05, 4.69) is 10.6 Å². The van der Waals surface area contributed by atoms with Crippen LogP contribution in [0.4, 0.5) is 0 Å². The van der Waals surface area contributed by atoms with Crippen molar-refractivity contribution >= 4 is 24.3 Å². The Morgan fingerprint density at radius 1 is 1.29 bits per heavy atom. The van der Waals surface area contributed by atoms with E-state index in [0.29, 0.717) is 13.0 Å². The van der Waals surface area contributed by atoms with Crippen LogP contribution in [0, 0.1) is 0 Å². The Morgan fingerprint density at radius 3 is 2.35 bits per heavy atom. The first-order chi connectivity index (χ1) is 7.44. The molecule has 102 valence electrons. The quantitative estimate of drug-likeness (QED) is 0.530. The molecule has 0 aliphatic heterocycles. The molecule has 0 saturated carbocycles. The second-order valence-electron chi connectivity index (χ2n) is 4.10. The molecule has 0 spiro atoms. The van der Waals surface area contributed by atoms with Crippen LogP contribution in [-0.2, 0) is 14.3 Å². The molecule has 17 heavy (non-hydrogen) atoms. The van der Waals surface area contributed by atoms with Gasteiger partial charge in [-0.05, 0) is 40.8 Å². The fourth-order valence-electron chi connectivity index (χ4n) is 1.20. The van der Waals surface area contributed by atoms with Crippen molar-refractivity contribution in [2.75, 3.05) is 20.2 Å². The SMILES string of the molecule is CCOC(=O)C(C)(C)NC(=O)CCCNC.Cl. The van der Waals surface area contributed by atoms with Gasteiger partial charge >= 0.3 is 5.97 Å². The van der Waals surface area contributed by atoms with E-state index in [9.17, 15) is 9.59 Å². The van der Waals surface area contributed by atoms with Crippen LogP contribution in [0.15, 0.2) is 0 Å². The molecule has 0 atom stereocenters. The van der Waals surface area contributed by atoms with Crippen LogP contribution in [0.25, 0.3) is 0 Å². The minimum absolute atomic E-state index is 0. The van der Waals surface area contributed by atoms with Crippen molar-refractivity contribution in [3.8, 4) is 0 Å². The van der Waals surface area contributed by atoms with E-state index >= 15 is 0 Å². The summed E-state index contributed by atoms with van der Waals surface area (Å²) in [4.78, 5) is 23.0. The molecular formula is C11H23ClN2O3. The van der Waals surface area contributed by atoms with Gasteiger partial charge in [0.15, 0.2) is 0 Å². The molecule has 0 aliphatic carbocycles. The molecule has 0 radical (unpaired) electrons. The van der Waals surface area contributed by atoms with Gasteiger partial charge in [-0.2, -0.15) is 0 Å². The topological polar surface area (TPSA) is 67.4 Å². The highest BCUT2D eigenvalue weighted by molar-refractivity contribution is 5.87. The summed E-state index contributed by atoms with van der Waals surface area (Å²) in [5.74, 6) is -0.537. The van der Waals surface area contributed by atoms with Crippen LogP contribution in [0.2, 0.25) is 0 Å². The Hall–Kier alpha value is -0.810. The highest BCUT2D eigenvalue weighted by Crippen LogP contribution is 2.06. The monoisotopic (exact) mass is 266 g/mol. The van der Waals surface area contributed by atoms with Crippen molar-refractivity contribution in [3.05, 3.63) is 0 Å². The minimum atomic E-state index is -0.952. The normalized spacial score (nSPS) is 10.4. The van der Waals surface area contributed by atoms with Crippen molar-refractivity contribution < 1.29 is 14.3 Å². The molecule has 0 aromatic carbocycles. The van der Waals surface area contributed by atoms with Crippen molar-refractivity contribution in [2.24, 2.45) is 0 Å². The van der Waals surface area contributed by atoms with Gasteiger partial charge in [0.05, 0.1) is 6.61 Å².